The average molecular weight is 1070 g/mol. The Bertz CT molecular complexity index is 1180. The average Bonchev–Trinajstić information content (AvgIpc) is 3.42. The third-order valence-corrected chi connectivity index (χ3v) is 16.0. The highest BCUT2D eigenvalue weighted by Crippen LogP contribution is 2.19. The molecule has 0 aromatic carbocycles. The summed E-state index contributed by atoms with van der Waals surface area (Å²) in [4.78, 5) is 38.4. The predicted octanol–water partition coefficient (Wildman–Crippen LogP) is 23.6. The van der Waals surface area contributed by atoms with Gasteiger partial charge in [-0.05, 0) is 44.9 Å². The smallest absolute Gasteiger partial charge is 0.306 e. The summed E-state index contributed by atoms with van der Waals surface area (Å²) >= 11 is 0. The van der Waals surface area contributed by atoms with Crippen molar-refractivity contribution >= 4 is 17.9 Å². The van der Waals surface area contributed by atoms with Crippen LogP contribution in [0.25, 0.3) is 0 Å². The van der Waals surface area contributed by atoms with Gasteiger partial charge in [0.1, 0.15) is 13.2 Å². The lowest BCUT2D eigenvalue weighted by molar-refractivity contribution is -0.167. The second kappa shape index (κ2) is 65.7. The van der Waals surface area contributed by atoms with Gasteiger partial charge in [-0.1, -0.05) is 348 Å². The van der Waals surface area contributed by atoms with Crippen molar-refractivity contribution in [3.05, 3.63) is 12.2 Å². The molecule has 0 aromatic rings. The van der Waals surface area contributed by atoms with Crippen molar-refractivity contribution in [3.63, 3.8) is 0 Å². The Balaban J connectivity index is 4.23. The summed E-state index contributed by atoms with van der Waals surface area (Å²) in [5, 5.41) is 0. The summed E-state index contributed by atoms with van der Waals surface area (Å²) in [5.41, 5.74) is 0. The predicted molar refractivity (Wildman–Crippen MR) is 330 cm³/mol. The number of esters is 3. The number of hydrogen-bond donors (Lipinski definition) is 0. The van der Waals surface area contributed by atoms with E-state index in [4.69, 9.17) is 14.2 Å². The first-order valence-electron chi connectivity index (χ1n) is 34.7. The molecule has 0 aliphatic heterocycles. The van der Waals surface area contributed by atoms with E-state index in [2.05, 4.69) is 32.9 Å². The van der Waals surface area contributed by atoms with Crippen molar-refractivity contribution in [1.29, 1.82) is 0 Å². The molecular formula is C70H134O6. The minimum absolute atomic E-state index is 0.0624. The molecule has 1 unspecified atom stereocenters. The zero-order valence-corrected chi connectivity index (χ0v) is 51.8. The molecule has 0 radical (unpaired) electrons. The third kappa shape index (κ3) is 63.0. The molecule has 0 aromatic heterocycles. The van der Waals surface area contributed by atoms with Crippen molar-refractivity contribution in [1.82, 2.24) is 0 Å². The van der Waals surface area contributed by atoms with Crippen LogP contribution in [0.4, 0.5) is 0 Å². The van der Waals surface area contributed by atoms with Crippen LogP contribution in [0.15, 0.2) is 12.2 Å². The van der Waals surface area contributed by atoms with Crippen LogP contribution in [0.5, 0.6) is 0 Å². The van der Waals surface area contributed by atoms with E-state index in [9.17, 15) is 14.4 Å². The Morgan fingerprint density at radius 1 is 0.250 bits per heavy atom. The van der Waals surface area contributed by atoms with Gasteiger partial charge in [0.25, 0.3) is 0 Å². The van der Waals surface area contributed by atoms with Gasteiger partial charge in [-0.25, -0.2) is 0 Å². The molecule has 6 nitrogen and oxygen atoms in total. The van der Waals surface area contributed by atoms with Gasteiger partial charge in [0.05, 0.1) is 0 Å². The Kier molecular flexibility index (Phi) is 64.1. The fraction of sp³-hybridized carbons (Fsp3) is 0.929. The summed E-state index contributed by atoms with van der Waals surface area (Å²) in [6, 6.07) is 0. The highest BCUT2D eigenvalue weighted by atomic mass is 16.6. The molecule has 0 spiro atoms. The van der Waals surface area contributed by atoms with Crippen LogP contribution in [0.1, 0.15) is 400 Å². The van der Waals surface area contributed by atoms with Gasteiger partial charge < -0.3 is 14.2 Å². The van der Waals surface area contributed by atoms with E-state index < -0.39 is 6.10 Å². The second-order valence-electron chi connectivity index (χ2n) is 23.8. The topological polar surface area (TPSA) is 78.9 Å². The van der Waals surface area contributed by atoms with Crippen molar-refractivity contribution in [2.45, 2.75) is 406 Å². The lowest BCUT2D eigenvalue weighted by Gasteiger charge is -2.18. The van der Waals surface area contributed by atoms with E-state index in [1.165, 1.54) is 302 Å². The van der Waals surface area contributed by atoms with E-state index >= 15 is 0 Å². The van der Waals surface area contributed by atoms with E-state index in [1.807, 2.05) is 0 Å². The van der Waals surface area contributed by atoms with E-state index in [0.717, 1.165) is 57.8 Å². The van der Waals surface area contributed by atoms with Crippen LogP contribution >= 0.6 is 0 Å². The number of unbranched alkanes of at least 4 members (excludes halogenated alkanes) is 52. The molecule has 0 aliphatic carbocycles. The van der Waals surface area contributed by atoms with Crippen LogP contribution in [-0.4, -0.2) is 37.2 Å². The van der Waals surface area contributed by atoms with Crippen LogP contribution in [0, 0.1) is 0 Å². The van der Waals surface area contributed by atoms with Crippen molar-refractivity contribution < 1.29 is 28.6 Å². The lowest BCUT2D eigenvalue weighted by atomic mass is 10.0. The summed E-state index contributed by atoms with van der Waals surface area (Å²) in [6.45, 7) is 6.73. The summed E-state index contributed by atoms with van der Waals surface area (Å²) in [6.07, 6.45) is 78.0. The second-order valence-corrected chi connectivity index (χ2v) is 23.8. The monoisotopic (exact) mass is 1070 g/mol. The molecule has 0 saturated heterocycles. The number of carbonyl (C=O) groups is 3. The molecule has 0 saturated carbocycles. The molecule has 6 heteroatoms. The minimum atomic E-state index is -0.765. The molecule has 0 heterocycles. The zero-order valence-electron chi connectivity index (χ0n) is 51.8. The minimum Gasteiger partial charge on any atom is -0.462 e. The first-order chi connectivity index (χ1) is 37.5. The van der Waals surface area contributed by atoms with Gasteiger partial charge in [-0.2, -0.15) is 0 Å². The quantitative estimate of drug-likeness (QED) is 0.0261. The number of carbonyl (C=O) groups excluding carboxylic acids is 3. The lowest BCUT2D eigenvalue weighted by Crippen LogP contribution is -2.30. The molecule has 0 amide bonds. The van der Waals surface area contributed by atoms with E-state index in [0.29, 0.717) is 19.3 Å². The largest absolute Gasteiger partial charge is 0.462 e. The number of allylic oxidation sites excluding steroid dienone is 2. The molecule has 0 rings (SSSR count). The zero-order chi connectivity index (χ0) is 55.0. The number of hydrogen-bond acceptors (Lipinski definition) is 6. The van der Waals surface area contributed by atoms with Gasteiger partial charge in [-0.15, -0.1) is 0 Å². The van der Waals surface area contributed by atoms with Gasteiger partial charge >= 0.3 is 17.9 Å². The van der Waals surface area contributed by atoms with Crippen molar-refractivity contribution in [2.75, 3.05) is 13.2 Å². The fourth-order valence-electron chi connectivity index (χ4n) is 10.8. The van der Waals surface area contributed by atoms with Gasteiger partial charge in [-0.3, -0.25) is 14.4 Å². The molecule has 76 heavy (non-hydrogen) atoms. The van der Waals surface area contributed by atoms with E-state index in [-0.39, 0.29) is 31.1 Å². The highest BCUT2D eigenvalue weighted by molar-refractivity contribution is 5.71. The summed E-state index contributed by atoms with van der Waals surface area (Å²) < 4.78 is 17.0. The Hall–Kier alpha value is -1.85. The Morgan fingerprint density at radius 3 is 0.658 bits per heavy atom. The number of rotatable bonds is 65. The van der Waals surface area contributed by atoms with Crippen LogP contribution < -0.4 is 0 Å². The molecule has 450 valence electrons. The van der Waals surface area contributed by atoms with Crippen molar-refractivity contribution in [3.8, 4) is 0 Å². The molecule has 0 fully saturated rings. The maximum absolute atomic E-state index is 12.9. The molecule has 0 bridgehead atoms. The summed E-state index contributed by atoms with van der Waals surface area (Å²) in [5.74, 6) is -0.826. The standard InChI is InChI=1S/C70H134O6/c1-4-7-10-13-16-19-22-25-28-31-32-33-34-35-36-37-38-40-42-45-48-51-54-57-60-63-69(72)75-66-67(65-74-68(71)62-59-56-53-50-47-44-41-30-27-24-21-18-15-12-9-6-3)76-70(73)64-61-58-55-52-49-46-43-39-29-26-23-20-17-14-11-8-5-2/h31-32,67H,4-30,33-66H2,1-3H3/b32-31-. The van der Waals surface area contributed by atoms with Crippen LogP contribution in [0.3, 0.4) is 0 Å². The van der Waals surface area contributed by atoms with Crippen molar-refractivity contribution in [2.24, 2.45) is 0 Å². The highest BCUT2D eigenvalue weighted by Gasteiger charge is 2.19. The summed E-state index contributed by atoms with van der Waals surface area (Å²) in [7, 11) is 0. The molecule has 1 atom stereocenters. The fourth-order valence-corrected chi connectivity index (χ4v) is 10.8. The third-order valence-electron chi connectivity index (χ3n) is 16.0. The molecule has 0 aliphatic rings. The van der Waals surface area contributed by atoms with E-state index in [1.54, 1.807) is 0 Å². The maximum atomic E-state index is 12.9. The first kappa shape index (κ1) is 74.2. The van der Waals surface area contributed by atoms with Crippen LogP contribution in [0.2, 0.25) is 0 Å². The Morgan fingerprint density at radius 2 is 0.434 bits per heavy atom. The van der Waals surface area contributed by atoms with Gasteiger partial charge in [0.2, 0.25) is 0 Å². The Labute approximate surface area is 475 Å². The van der Waals surface area contributed by atoms with Gasteiger partial charge in [0, 0.05) is 19.3 Å². The molecule has 0 N–H and O–H groups in total. The first-order valence-corrected chi connectivity index (χ1v) is 34.7. The number of ether oxygens (including phenoxy) is 3. The molecular weight excluding hydrogens is 937 g/mol. The van der Waals surface area contributed by atoms with Crippen LogP contribution in [-0.2, 0) is 28.6 Å². The normalized spacial score (nSPS) is 12.0. The van der Waals surface area contributed by atoms with Gasteiger partial charge in [0.15, 0.2) is 6.10 Å². The maximum Gasteiger partial charge on any atom is 0.306 e. The SMILES string of the molecule is CCCCCCCCCC/C=C\CCCCCCCCCCCCCCCC(=O)OCC(COC(=O)CCCCCCCCCCCCCCCCCC)OC(=O)CCCCCCCCCCCCCCCCCCC.